The van der Waals surface area contributed by atoms with Crippen LogP contribution in [0.3, 0.4) is 0 Å². The number of para-hydroxylation sites is 2. The van der Waals surface area contributed by atoms with Crippen molar-refractivity contribution >= 4 is 34.6 Å². The highest BCUT2D eigenvalue weighted by atomic mass is 32.1. The summed E-state index contributed by atoms with van der Waals surface area (Å²) in [6, 6.07) is 14.8. The normalized spacial score (nSPS) is 14.7. The highest BCUT2D eigenvalue weighted by Gasteiger charge is 2.36. The third kappa shape index (κ3) is 4.09. The molecule has 0 bridgehead atoms. The van der Waals surface area contributed by atoms with Crippen LogP contribution < -0.4 is 15.4 Å². The van der Waals surface area contributed by atoms with Crippen LogP contribution in [0.25, 0.3) is 11.4 Å². The van der Waals surface area contributed by atoms with E-state index < -0.39 is 11.0 Å². The van der Waals surface area contributed by atoms with E-state index in [0.29, 0.717) is 40.0 Å². The number of thiophene rings is 1. The molecule has 1 amide bonds. The highest BCUT2D eigenvalue weighted by molar-refractivity contribution is 7.10. The van der Waals surface area contributed by atoms with E-state index in [2.05, 4.69) is 15.6 Å². The molecule has 0 radical (unpaired) electrons. The first kappa shape index (κ1) is 23.2. The lowest BCUT2D eigenvalue weighted by Gasteiger charge is -2.28. The van der Waals surface area contributed by atoms with Crippen molar-refractivity contribution in [2.24, 2.45) is 0 Å². The number of fused-ring (bicyclic) bond motifs is 1. The summed E-state index contributed by atoms with van der Waals surface area (Å²) in [6.07, 6.45) is 0. The minimum atomic E-state index is -0.518. The van der Waals surface area contributed by atoms with Gasteiger partial charge in [-0.05, 0) is 55.1 Å². The van der Waals surface area contributed by atoms with Crippen LogP contribution in [0.5, 0.6) is 5.75 Å². The first-order chi connectivity index (χ1) is 17.4. The average Bonchev–Trinajstić information content (AvgIpc) is 3.49. The van der Waals surface area contributed by atoms with Gasteiger partial charge in [0.15, 0.2) is 5.82 Å². The molecular weight excluding hydrogens is 480 g/mol. The number of hydrogen-bond acceptors (Lipinski definition) is 8. The van der Waals surface area contributed by atoms with Gasteiger partial charge in [0.2, 0.25) is 5.95 Å². The molecule has 10 nitrogen and oxygen atoms in total. The number of anilines is 2. The number of carbonyl (C=O) groups excluding carboxylic acids is 1. The van der Waals surface area contributed by atoms with Crippen LogP contribution in [-0.2, 0) is 4.79 Å². The molecule has 0 spiro atoms. The monoisotopic (exact) mass is 502 g/mol. The van der Waals surface area contributed by atoms with E-state index in [-0.39, 0.29) is 11.6 Å². The molecule has 0 fully saturated rings. The predicted octanol–water partition coefficient (Wildman–Crippen LogP) is 5.16. The minimum Gasteiger partial charge on any atom is -0.495 e. The molecule has 2 aromatic heterocycles. The molecule has 11 heteroatoms. The molecular formula is C25H22N6O4S. The number of nitrogens with one attached hydrogen (secondary N) is 2. The van der Waals surface area contributed by atoms with Crippen molar-refractivity contribution in [1.29, 1.82) is 0 Å². The molecule has 1 atom stereocenters. The van der Waals surface area contributed by atoms with E-state index in [1.165, 1.54) is 23.5 Å². The Morgan fingerprint density at radius 1 is 1.17 bits per heavy atom. The number of non-ortho nitro benzene ring substituents is 1. The maximum absolute atomic E-state index is 13.7. The molecule has 0 aliphatic carbocycles. The second-order valence-electron chi connectivity index (χ2n) is 8.20. The summed E-state index contributed by atoms with van der Waals surface area (Å²) in [5, 5.41) is 23.9. The van der Waals surface area contributed by atoms with Crippen molar-refractivity contribution in [2.75, 3.05) is 17.7 Å². The zero-order valence-corrected chi connectivity index (χ0v) is 20.5. The number of nitro benzene ring substituents is 1. The Morgan fingerprint density at radius 3 is 2.58 bits per heavy atom. The average molecular weight is 503 g/mol. The Morgan fingerprint density at radius 2 is 1.92 bits per heavy atom. The molecule has 1 aliphatic heterocycles. The number of nitro groups is 1. The van der Waals surface area contributed by atoms with Gasteiger partial charge in [-0.2, -0.15) is 4.98 Å². The molecule has 4 aromatic rings. The molecule has 0 saturated carbocycles. The van der Waals surface area contributed by atoms with Crippen LogP contribution in [0, 0.1) is 17.0 Å². The Hall–Kier alpha value is -4.51. The maximum atomic E-state index is 13.7. The lowest BCUT2D eigenvalue weighted by atomic mass is 9.98. The lowest BCUT2D eigenvalue weighted by Crippen LogP contribution is -2.31. The number of aromatic nitrogens is 3. The van der Waals surface area contributed by atoms with Gasteiger partial charge >= 0.3 is 0 Å². The van der Waals surface area contributed by atoms with E-state index in [1.54, 1.807) is 36.1 Å². The van der Waals surface area contributed by atoms with E-state index in [9.17, 15) is 14.9 Å². The van der Waals surface area contributed by atoms with Crippen LogP contribution >= 0.6 is 11.3 Å². The number of allylic oxidation sites excluding steroid dienone is 1. The summed E-state index contributed by atoms with van der Waals surface area (Å²) in [5.74, 6) is 1.14. The molecule has 2 N–H and O–H groups in total. The van der Waals surface area contributed by atoms with Crippen molar-refractivity contribution in [1.82, 2.24) is 14.8 Å². The topological polar surface area (TPSA) is 124 Å². The zero-order valence-electron chi connectivity index (χ0n) is 19.7. The summed E-state index contributed by atoms with van der Waals surface area (Å²) in [5.41, 5.74) is 3.35. The number of rotatable bonds is 6. The largest absolute Gasteiger partial charge is 0.495 e. The second kappa shape index (κ2) is 9.27. The Labute approximate surface area is 210 Å². The van der Waals surface area contributed by atoms with Gasteiger partial charge in [-0.1, -0.05) is 12.1 Å². The first-order valence-corrected chi connectivity index (χ1v) is 11.9. The molecule has 1 unspecified atom stereocenters. The standard InChI is InChI=1S/C25H22N6O4S/c1-14-12-13-36-22(14)21-20(24(32)27-18-6-4-5-7-19(18)35-3)15(2)26-25-28-23(29-30(21)25)16-8-10-17(11-9-16)31(33)34/h4-13,21H,1-3H3,(H,27,32)(H,26,28,29). The smallest absolute Gasteiger partial charge is 0.269 e. The molecule has 5 rings (SSSR count). The number of methoxy groups -OCH3 is 1. The van der Waals surface area contributed by atoms with Gasteiger partial charge in [-0.15, -0.1) is 16.4 Å². The van der Waals surface area contributed by atoms with E-state index in [0.717, 1.165) is 10.4 Å². The highest BCUT2D eigenvalue weighted by Crippen LogP contribution is 2.40. The number of ether oxygens (including phenoxy) is 1. The SMILES string of the molecule is COc1ccccc1NC(=O)C1=C(C)Nc2nc(-c3ccc([N+](=O)[O-])cc3)nn2C1c1sccc1C. The Bertz CT molecular complexity index is 1500. The third-order valence-electron chi connectivity index (χ3n) is 5.94. The van der Waals surface area contributed by atoms with Gasteiger partial charge in [-0.25, -0.2) is 4.68 Å². The van der Waals surface area contributed by atoms with Gasteiger partial charge in [0, 0.05) is 28.3 Å². The first-order valence-electron chi connectivity index (χ1n) is 11.0. The molecule has 3 heterocycles. The van der Waals surface area contributed by atoms with Crippen molar-refractivity contribution in [2.45, 2.75) is 19.9 Å². The number of carbonyl (C=O) groups is 1. The quantitative estimate of drug-likeness (QED) is 0.276. The van der Waals surface area contributed by atoms with Crippen LogP contribution in [-0.4, -0.2) is 32.7 Å². The van der Waals surface area contributed by atoms with Crippen LogP contribution in [0.15, 0.2) is 71.2 Å². The fourth-order valence-electron chi connectivity index (χ4n) is 4.14. The Kier molecular flexibility index (Phi) is 5.98. The van der Waals surface area contributed by atoms with Gasteiger partial charge in [0.25, 0.3) is 11.6 Å². The summed E-state index contributed by atoms with van der Waals surface area (Å²) < 4.78 is 7.09. The summed E-state index contributed by atoms with van der Waals surface area (Å²) in [4.78, 5) is 29.8. The number of hydrogen-bond donors (Lipinski definition) is 2. The van der Waals surface area contributed by atoms with Crippen molar-refractivity contribution < 1.29 is 14.5 Å². The van der Waals surface area contributed by atoms with Gasteiger partial charge in [-0.3, -0.25) is 14.9 Å². The van der Waals surface area contributed by atoms with Gasteiger partial charge in [0.05, 0.1) is 23.3 Å². The molecule has 2 aromatic carbocycles. The lowest BCUT2D eigenvalue weighted by molar-refractivity contribution is -0.384. The fourth-order valence-corrected chi connectivity index (χ4v) is 5.16. The van der Waals surface area contributed by atoms with E-state index in [4.69, 9.17) is 9.84 Å². The minimum absolute atomic E-state index is 0.0132. The number of amides is 1. The fraction of sp³-hybridized carbons (Fsp3) is 0.160. The van der Waals surface area contributed by atoms with Crippen LogP contribution in [0.1, 0.15) is 23.4 Å². The predicted molar refractivity (Wildman–Crippen MR) is 137 cm³/mol. The van der Waals surface area contributed by atoms with Crippen LogP contribution in [0.2, 0.25) is 0 Å². The zero-order chi connectivity index (χ0) is 25.4. The third-order valence-corrected chi connectivity index (χ3v) is 7.01. The summed E-state index contributed by atoms with van der Waals surface area (Å²) in [6.45, 7) is 3.82. The molecule has 36 heavy (non-hydrogen) atoms. The number of aryl methyl sites for hydroxylation is 1. The summed E-state index contributed by atoms with van der Waals surface area (Å²) in [7, 11) is 1.55. The van der Waals surface area contributed by atoms with E-state index >= 15 is 0 Å². The Balaban J connectivity index is 1.57. The molecule has 0 saturated heterocycles. The maximum Gasteiger partial charge on any atom is 0.269 e. The van der Waals surface area contributed by atoms with Gasteiger partial charge in [0.1, 0.15) is 11.8 Å². The number of nitrogens with zero attached hydrogens (tertiary/aromatic N) is 4. The van der Waals surface area contributed by atoms with Gasteiger partial charge < -0.3 is 15.4 Å². The number of benzene rings is 2. The second-order valence-corrected chi connectivity index (χ2v) is 9.14. The molecule has 1 aliphatic rings. The van der Waals surface area contributed by atoms with Crippen molar-refractivity contribution in [3.05, 3.63) is 91.8 Å². The summed E-state index contributed by atoms with van der Waals surface area (Å²) >= 11 is 1.54. The van der Waals surface area contributed by atoms with Crippen LogP contribution in [0.4, 0.5) is 17.3 Å². The van der Waals surface area contributed by atoms with E-state index in [1.807, 2.05) is 37.4 Å². The van der Waals surface area contributed by atoms with Crippen molar-refractivity contribution in [3.8, 4) is 17.1 Å². The van der Waals surface area contributed by atoms with Crippen molar-refractivity contribution in [3.63, 3.8) is 0 Å². The molecule has 182 valence electrons.